The summed E-state index contributed by atoms with van der Waals surface area (Å²) in [6.45, 7) is 8.46. The molecule has 1 heterocycles. The van der Waals surface area contributed by atoms with Gasteiger partial charge in [-0.3, -0.25) is 4.99 Å². The topological polar surface area (TPSA) is 64.6 Å². The molecule has 2 rings (SSSR count). The molecule has 0 bridgehead atoms. The molecule has 166 valence electrons. The summed E-state index contributed by atoms with van der Waals surface area (Å²) in [6.07, 6.45) is 2.01. The van der Waals surface area contributed by atoms with E-state index < -0.39 is 0 Å². The standard InChI is InChI=1S/C21H35N3O4.HI/c1-4-22-21(24-12-10-18(16-24)17-27-15-14-25-2)23-11-5-13-28-20-8-6-19(26-3)7-9-20;/h6-9,18H,4-5,10-17H2,1-3H3,(H,22,23);1H. The Hall–Kier alpha value is -1.26. The van der Waals surface area contributed by atoms with E-state index in [0.29, 0.717) is 25.7 Å². The number of hydrogen-bond donors (Lipinski definition) is 1. The molecule has 0 aromatic heterocycles. The Kier molecular flexibility index (Phi) is 13.8. The highest BCUT2D eigenvalue weighted by atomic mass is 127. The Morgan fingerprint density at radius 1 is 1.14 bits per heavy atom. The minimum absolute atomic E-state index is 0. The van der Waals surface area contributed by atoms with Crippen molar-refractivity contribution in [2.24, 2.45) is 10.9 Å². The van der Waals surface area contributed by atoms with Crippen molar-refractivity contribution in [3.8, 4) is 11.5 Å². The van der Waals surface area contributed by atoms with Crippen LogP contribution in [0.3, 0.4) is 0 Å². The van der Waals surface area contributed by atoms with Crippen LogP contribution in [-0.4, -0.2) is 77.7 Å². The van der Waals surface area contributed by atoms with E-state index >= 15 is 0 Å². The van der Waals surface area contributed by atoms with Crippen molar-refractivity contribution in [2.45, 2.75) is 19.8 Å². The van der Waals surface area contributed by atoms with Crippen LogP contribution in [-0.2, 0) is 9.47 Å². The minimum atomic E-state index is 0. The molecule has 0 saturated carbocycles. The first kappa shape index (κ1) is 25.8. The van der Waals surface area contributed by atoms with E-state index in [1.165, 1.54) is 0 Å². The number of nitrogens with one attached hydrogen (secondary N) is 1. The van der Waals surface area contributed by atoms with E-state index in [0.717, 1.165) is 63.1 Å². The first-order valence-electron chi connectivity index (χ1n) is 10.1. The maximum absolute atomic E-state index is 5.77. The van der Waals surface area contributed by atoms with Crippen LogP contribution in [0.25, 0.3) is 0 Å². The van der Waals surface area contributed by atoms with Gasteiger partial charge in [-0.1, -0.05) is 0 Å². The second-order valence-electron chi connectivity index (χ2n) is 6.78. The number of rotatable bonds is 12. The number of methoxy groups -OCH3 is 2. The molecular weight excluding hydrogens is 485 g/mol. The molecule has 0 amide bonds. The van der Waals surface area contributed by atoms with Gasteiger partial charge in [-0.05, 0) is 37.6 Å². The summed E-state index contributed by atoms with van der Waals surface area (Å²) in [7, 11) is 3.36. The van der Waals surface area contributed by atoms with E-state index in [-0.39, 0.29) is 24.0 Å². The van der Waals surface area contributed by atoms with Gasteiger partial charge in [0, 0.05) is 45.6 Å². The highest BCUT2D eigenvalue weighted by Gasteiger charge is 2.24. The molecule has 1 atom stereocenters. The lowest BCUT2D eigenvalue weighted by atomic mass is 10.1. The third kappa shape index (κ3) is 9.86. The maximum Gasteiger partial charge on any atom is 0.193 e. The lowest BCUT2D eigenvalue weighted by Crippen LogP contribution is -2.40. The SMILES string of the molecule is CCNC(=NCCCOc1ccc(OC)cc1)N1CCC(COCCOC)C1.I. The van der Waals surface area contributed by atoms with Crippen LogP contribution in [0.2, 0.25) is 0 Å². The van der Waals surface area contributed by atoms with E-state index in [2.05, 4.69) is 17.1 Å². The van der Waals surface area contributed by atoms with E-state index in [1.54, 1.807) is 14.2 Å². The summed E-state index contributed by atoms with van der Waals surface area (Å²) in [5.41, 5.74) is 0. The summed E-state index contributed by atoms with van der Waals surface area (Å²) in [5.74, 6) is 3.23. The molecule has 1 aliphatic heterocycles. The fraction of sp³-hybridized carbons (Fsp3) is 0.667. The molecule has 8 heteroatoms. The Balaban J connectivity index is 0.00000420. The molecule has 1 aliphatic rings. The van der Waals surface area contributed by atoms with Gasteiger partial charge in [0.1, 0.15) is 11.5 Å². The number of ether oxygens (including phenoxy) is 4. The van der Waals surface area contributed by atoms with Gasteiger partial charge in [0.25, 0.3) is 0 Å². The maximum atomic E-state index is 5.77. The third-order valence-corrected chi connectivity index (χ3v) is 4.60. The average molecular weight is 521 g/mol. The third-order valence-electron chi connectivity index (χ3n) is 4.60. The fourth-order valence-corrected chi connectivity index (χ4v) is 3.09. The van der Waals surface area contributed by atoms with Crippen LogP contribution >= 0.6 is 24.0 Å². The van der Waals surface area contributed by atoms with E-state index in [9.17, 15) is 0 Å². The smallest absolute Gasteiger partial charge is 0.193 e. The number of benzene rings is 1. The fourth-order valence-electron chi connectivity index (χ4n) is 3.09. The summed E-state index contributed by atoms with van der Waals surface area (Å²) >= 11 is 0. The van der Waals surface area contributed by atoms with Gasteiger partial charge in [0.05, 0.1) is 33.5 Å². The molecule has 1 aromatic rings. The number of nitrogens with zero attached hydrogens (tertiary/aromatic N) is 2. The highest BCUT2D eigenvalue weighted by molar-refractivity contribution is 14.0. The zero-order chi connectivity index (χ0) is 20.0. The van der Waals surface area contributed by atoms with Crippen molar-refractivity contribution in [1.82, 2.24) is 10.2 Å². The van der Waals surface area contributed by atoms with Crippen LogP contribution in [0.4, 0.5) is 0 Å². The van der Waals surface area contributed by atoms with Crippen molar-refractivity contribution >= 4 is 29.9 Å². The van der Waals surface area contributed by atoms with Crippen molar-refractivity contribution in [3.05, 3.63) is 24.3 Å². The summed E-state index contributed by atoms with van der Waals surface area (Å²) in [4.78, 5) is 7.10. The summed E-state index contributed by atoms with van der Waals surface area (Å²) < 4.78 is 21.6. The monoisotopic (exact) mass is 521 g/mol. The number of halogens is 1. The van der Waals surface area contributed by atoms with Crippen LogP contribution < -0.4 is 14.8 Å². The molecule has 0 radical (unpaired) electrons. The first-order chi connectivity index (χ1) is 13.8. The zero-order valence-corrected chi connectivity index (χ0v) is 20.2. The largest absolute Gasteiger partial charge is 0.497 e. The van der Waals surface area contributed by atoms with Gasteiger partial charge < -0.3 is 29.2 Å². The van der Waals surface area contributed by atoms with Gasteiger partial charge in [-0.2, -0.15) is 0 Å². The van der Waals surface area contributed by atoms with Gasteiger partial charge in [-0.25, -0.2) is 0 Å². The average Bonchev–Trinajstić information content (AvgIpc) is 3.19. The number of likely N-dealkylation sites (tertiary alicyclic amines) is 1. The molecule has 1 saturated heterocycles. The first-order valence-corrected chi connectivity index (χ1v) is 10.1. The quantitative estimate of drug-likeness (QED) is 0.198. The Labute approximate surface area is 192 Å². The van der Waals surface area contributed by atoms with Crippen LogP contribution in [0.15, 0.2) is 29.3 Å². The molecule has 1 N–H and O–H groups in total. The molecular formula is C21H36IN3O4. The lowest BCUT2D eigenvalue weighted by molar-refractivity contribution is 0.0536. The normalized spacial score (nSPS) is 16.4. The zero-order valence-electron chi connectivity index (χ0n) is 17.9. The highest BCUT2D eigenvalue weighted by Crippen LogP contribution is 2.18. The molecule has 1 fully saturated rings. The molecule has 7 nitrogen and oxygen atoms in total. The Bertz CT molecular complexity index is 572. The van der Waals surface area contributed by atoms with Crippen molar-refractivity contribution in [2.75, 3.05) is 66.8 Å². The van der Waals surface area contributed by atoms with Crippen LogP contribution in [0.1, 0.15) is 19.8 Å². The molecule has 0 aliphatic carbocycles. The molecule has 1 aromatic carbocycles. The summed E-state index contributed by atoms with van der Waals surface area (Å²) in [5, 5.41) is 3.40. The van der Waals surface area contributed by atoms with Gasteiger partial charge in [0.2, 0.25) is 0 Å². The van der Waals surface area contributed by atoms with Gasteiger partial charge >= 0.3 is 0 Å². The number of aliphatic imine (C=N–C) groups is 1. The number of hydrogen-bond acceptors (Lipinski definition) is 5. The second-order valence-corrected chi connectivity index (χ2v) is 6.78. The minimum Gasteiger partial charge on any atom is -0.497 e. The molecule has 1 unspecified atom stereocenters. The molecule has 29 heavy (non-hydrogen) atoms. The van der Waals surface area contributed by atoms with Gasteiger partial charge in [-0.15, -0.1) is 24.0 Å². The molecule has 0 spiro atoms. The van der Waals surface area contributed by atoms with Crippen molar-refractivity contribution in [3.63, 3.8) is 0 Å². The lowest BCUT2D eigenvalue weighted by Gasteiger charge is -2.21. The summed E-state index contributed by atoms with van der Waals surface area (Å²) in [6, 6.07) is 7.65. The number of guanidine groups is 1. The predicted molar refractivity (Wildman–Crippen MR) is 127 cm³/mol. The van der Waals surface area contributed by atoms with E-state index in [4.69, 9.17) is 23.9 Å². The van der Waals surface area contributed by atoms with Gasteiger partial charge in [0.15, 0.2) is 5.96 Å². The van der Waals surface area contributed by atoms with E-state index in [1.807, 2.05) is 24.3 Å². The van der Waals surface area contributed by atoms with Crippen LogP contribution in [0.5, 0.6) is 11.5 Å². The second kappa shape index (κ2) is 15.6. The van der Waals surface area contributed by atoms with Crippen molar-refractivity contribution in [1.29, 1.82) is 0 Å². The predicted octanol–water partition coefficient (Wildman–Crippen LogP) is 3.03. The van der Waals surface area contributed by atoms with Crippen LogP contribution in [0, 0.1) is 5.92 Å². The Morgan fingerprint density at radius 3 is 2.59 bits per heavy atom. The Morgan fingerprint density at radius 2 is 1.90 bits per heavy atom. The van der Waals surface area contributed by atoms with Crippen molar-refractivity contribution < 1.29 is 18.9 Å².